The lowest BCUT2D eigenvalue weighted by atomic mass is 10.1. The number of aromatic nitrogens is 4. The van der Waals surface area contributed by atoms with Crippen LogP contribution >= 0.6 is 0 Å². The monoisotopic (exact) mass is 564 g/mol. The van der Waals surface area contributed by atoms with E-state index in [1.54, 1.807) is 0 Å². The van der Waals surface area contributed by atoms with Gasteiger partial charge in [0.05, 0.1) is 12.9 Å². The first-order valence-corrected chi connectivity index (χ1v) is 14.5. The van der Waals surface area contributed by atoms with Crippen molar-refractivity contribution in [1.82, 2.24) is 19.5 Å². The minimum atomic E-state index is -3.18. The number of hydrogen-bond acceptors (Lipinski definition) is 8. The number of fused-ring (bicyclic) bond motifs is 1. The number of aromatic amines is 1. The lowest BCUT2D eigenvalue weighted by Crippen LogP contribution is -2.68. The summed E-state index contributed by atoms with van der Waals surface area (Å²) in [6.45, 7) is 5.71. The molecule has 208 valence electrons. The van der Waals surface area contributed by atoms with Gasteiger partial charge in [-0.1, -0.05) is 86.5 Å². The molecule has 1 aliphatic rings. The zero-order valence-corrected chi connectivity index (χ0v) is 23.1. The number of H-pyrrole nitrogens is 1. The molecule has 4 atom stereocenters. The van der Waals surface area contributed by atoms with Crippen LogP contribution in [0.25, 0.3) is 21.6 Å². The minimum absolute atomic E-state index is 0.0502. The fraction of sp³-hybridized carbons (Fsp3) is 0.346. The quantitative estimate of drug-likeness (QED) is 0.134. The Kier molecular flexibility index (Phi) is 6.98. The smallest absolute Gasteiger partial charge is 0.280 e. The Balaban J connectivity index is 1.60. The van der Waals surface area contributed by atoms with Gasteiger partial charge in [-0.25, -0.2) is 9.37 Å². The van der Waals surface area contributed by atoms with E-state index in [1.807, 2.05) is 60.7 Å². The molecular formula is C26H29FN8O4Si. The van der Waals surface area contributed by atoms with E-state index in [0.717, 1.165) is 21.3 Å². The maximum absolute atomic E-state index is 15.8. The normalized spacial score (nSPS) is 23.3. The van der Waals surface area contributed by atoms with Gasteiger partial charge in [-0.15, -0.1) is 0 Å². The Hall–Kier alpha value is -4.07. The Morgan fingerprint density at radius 1 is 1.23 bits per heavy atom. The number of nitrogens with one attached hydrogen (secondary N) is 1. The number of anilines is 1. The highest BCUT2D eigenvalue weighted by Gasteiger charge is 2.59. The number of nitrogens with zero attached hydrogens (tertiary/aromatic N) is 6. The molecule has 40 heavy (non-hydrogen) atoms. The summed E-state index contributed by atoms with van der Waals surface area (Å²) in [7, 11) is -3.18. The fourth-order valence-corrected chi connectivity index (χ4v) is 9.95. The highest BCUT2D eigenvalue weighted by atomic mass is 28.4. The lowest BCUT2D eigenvalue weighted by molar-refractivity contribution is -0.119. The summed E-state index contributed by atoms with van der Waals surface area (Å²) in [5.74, 6) is -0.204. The molecule has 1 saturated heterocycles. The Morgan fingerprint density at radius 2 is 1.82 bits per heavy atom. The van der Waals surface area contributed by atoms with Crippen molar-refractivity contribution in [1.29, 1.82) is 0 Å². The number of azide groups is 1. The molecule has 0 aliphatic carbocycles. The van der Waals surface area contributed by atoms with Crippen LogP contribution < -0.4 is 21.7 Å². The van der Waals surface area contributed by atoms with Crippen LogP contribution in [0.4, 0.5) is 10.3 Å². The minimum Gasteiger partial charge on any atom is -0.404 e. The standard InChI is InChI=1S/C26H29FN8O4Si/c1-25(2,3)40(16-10-6-4-7-11-16,17-12-8-5-9-13-17)38-14-26(33-34-29)20(36)18(27)23(39-26)35-15-30-19-21(35)31-24(28)32-22(19)37/h4-13,15,18,20,23,36H,14H2,1-3H3,(H3,28,31,32,37)/t18-,20+,23-,26-/m1/s1. The maximum Gasteiger partial charge on any atom is 0.280 e. The highest BCUT2D eigenvalue weighted by Crippen LogP contribution is 2.44. The molecule has 0 saturated carbocycles. The predicted octanol–water partition coefficient (Wildman–Crippen LogP) is 2.51. The van der Waals surface area contributed by atoms with E-state index < -0.39 is 49.8 Å². The van der Waals surface area contributed by atoms with Gasteiger partial charge in [0.15, 0.2) is 29.3 Å². The van der Waals surface area contributed by atoms with Gasteiger partial charge in [0, 0.05) is 4.91 Å². The fourth-order valence-electron chi connectivity index (χ4n) is 5.37. The van der Waals surface area contributed by atoms with Crippen LogP contribution in [0.2, 0.25) is 5.04 Å². The van der Waals surface area contributed by atoms with E-state index in [0.29, 0.717) is 0 Å². The van der Waals surface area contributed by atoms with Crippen LogP contribution in [-0.4, -0.2) is 57.6 Å². The van der Waals surface area contributed by atoms with Crippen molar-refractivity contribution in [2.45, 2.75) is 50.0 Å². The summed E-state index contributed by atoms with van der Waals surface area (Å²) in [4.78, 5) is 25.5. The van der Waals surface area contributed by atoms with Crippen molar-refractivity contribution in [3.8, 4) is 0 Å². The van der Waals surface area contributed by atoms with Crippen LogP contribution in [0.3, 0.4) is 0 Å². The number of nitrogens with two attached hydrogens (primary N) is 1. The van der Waals surface area contributed by atoms with Gasteiger partial charge in [-0.3, -0.25) is 14.3 Å². The third-order valence-electron chi connectivity index (χ3n) is 7.21. The molecule has 0 amide bonds. The van der Waals surface area contributed by atoms with E-state index in [1.165, 1.54) is 0 Å². The van der Waals surface area contributed by atoms with Crippen molar-refractivity contribution in [2.24, 2.45) is 5.11 Å². The summed E-state index contributed by atoms with van der Waals surface area (Å²) >= 11 is 0. The third-order valence-corrected chi connectivity index (χ3v) is 12.2. The number of benzene rings is 2. The summed E-state index contributed by atoms with van der Waals surface area (Å²) in [6, 6.07) is 19.4. The van der Waals surface area contributed by atoms with Crippen molar-refractivity contribution < 1.29 is 18.7 Å². The van der Waals surface area contributed by atoms with E-state index in [-0.39, 0.29) is 17.1 Å². The summed E-state index contributed by atoms with van der Waals surface area (Å²) < 4.78 is 29.8. The molecule has 0 spiro atoms. The van der Waals surface area contributed by atoms with Crippen LogP contribution in [0, 0.1) is 0 Å². The number of nitrogen functional groups attached to an aromatic ring is 1. The number of alkyl halides is 1. The Bertz CT molecular complexity index is 1580. The summed E-state index contributed by atoms with van der Waals surface area (Å²) in [5, 5.41) is 16.3. The van der Waals surface area contributed by atoms with Gasteiger partial charge in [0.2, 0.25) is 5.95 Å². The summed E-state index contributed by atoms with van der Waals surface area (Å²) in [6.07, 6.45) is -4.39. The molecule has 4 aromatic rings. The van der Waals surface area contributed by atoms with Crippen molar-refractivity contribution in [2.75, 3.05) is 12.3 Å². The number of ether oxygens (including phenoxy) is 1. The molecule has 0 bridgehead atoms. The molecule has 2 aromatic carbocycles. The van der Waals surface area contributed by atoms with Gasteiger partial charge < -0.3 is 20.0 Å². The number of halogens is 1. The average Bonchev–Trinajstić information content (AvgIpc) is 3.45. The van der Waals surface area contributed by atoms with Crippen LogP contribution in [0.1, 0.15) is 27.0 Å². The zero-order valence-electron chi connectivity index (χ0n) is 22.1. The molecule has 0 unspecified atom stereocenters. The van der Waals surface area contributed by atoms with Crippen molar-refractivity contribution in [3.63, 3.8) is 0 Å². The zero-order chi connectivity index (χ0) is 28.7. The Morgan fingerprint density at radius 3 is 2.38 bits per heavy atom. The van der Waals surface area contributed by atoms with Crippen LogP contribution in [0.5, 0.6) is 0 Å². The molecule has 4 N–H and O–H groups in total. The topological polar surface area (TPSA) is 177 Å². The maximum atomic E-state index is 15.8. The first-order chi connectivity index (χ1) is 19.0. The first-order valence-electron chi connectivity index (χ1n) is 12.6. The van der Waals surface area contributed by atoms with E-state index in [2.05, 4.69) is 45.7 Å². The van der Waals surface area contributed by atoms with E-state index in [9.17, 15) is 15.4 Å². The molecule has 14 heteroatoms. The number of imidazole rings is 1. The molecule has 0 radical (unpaired) electrons. The largest absolute Gasteiger partial charge is 0.404 e. The summed E-state index contributed by atoms with van der Waals surface area (Å²) in [5.41, 5.74) is 12.3. The second-order valence-corrected chi connectivity index (χ2v) is 15.0. The molecular weight excluding hydrogens is 535 g/mol. The first kappa shape index (κ1) is 27.5. The molecule has 5 rings (SSSR count). The van der Waals surface area contributed by atoms with E-state index >= 15 is 4.39 Å². The number of aliphatic hydroxyl groups is 1. The molecule has 3 heterocycles. The lowest BCUT2D eigenvalue weighted by Gasteiger charge is -2.44. The predicted molar refractivity (Wildman–Crippen MR) is 149 cm³/mol. The number of aliphatic hydroxyl groups excluding tert-OH is 1. The second kappa shape index (κ2) is 10.2. The number of rotatable bonds is 7. The SMILES string of the molecule is CC(C)(C)[Si](OC[C@@]1(N=[N+]=[N-])O[C@@H](n2cnc3c(=O)[nH]c(N)nc32)[C@H](F)[C@@H]1O)(c1ccccc1)c1ccccc1. The van der Waals surface area contributed by atoms with Crippen LogP contribution in [-0.2, 0) is 9.16 Å². The highest BCUT2D eigenvalue weighted by molar-refractivity contribution is 6.99. The Labute approximate surface area is 229 Å². The van der Waals surface area contributed by atoms with E-state index in [4.69, 9.17) is 14.9 Å². The molecule has 2 aromatic heterocycles. The third kappa shape index (κ3) is 4.35. The van der Waals surface area contributed by atoms with Crippen molar-refractivity contribution in [3.05, 3.63) is 87.8 Å². The molecule has 12 nitrogen and oxygen atoms in total. The second-order valence-electron chi connectivity index (χ2n) is 10.7. The average molecular weight is 565 g/mol. The van der Waals surface area contributed by atoms with Gasteiger partial charge in [-0.2, -0.15) is 4.98 Å². The van der Waals surface area contributed by atoms with Gasteiger partial charge >= 0.3 is 0 Å². The molecule has 1 fully saturated rings. The van der Waals surface area contributed by atoms with Crippen molar-refractivity contribution >= 4 is 35.8 Å². The van der Waals surface area contributed by atoms with Gasteiger partial charge in [0.25, 0.3) is 13.9 Å². The van der Waals surface area contributed by atoms with Gasteiger partial charge in [0.1, 0.15) is 6.10 Å². The molecule has 1 aliphatic heterocycles. The van der Waals surface area contributed by atoms with Crippen LogP contribution in [0.15, 0.2) is 76.9 Å². The number of hydrogen-bond donors (Lipinski definition) is 3. The van der Waals surface area contributed by atoms with Gasteiger partial charge in [-0.05, 0) is 20.9 Å².